The molecule has 0 heterocycles. The van der Waals surface area contributed by atoms with Gasteiger partial charge in [-0.2, -0.15) is 5.26 Å². The van der Waals surface area contributed by atoms with Crippen molar-refractivity contribution in [2.75, 3.05) is 27.3 Å². The van der Waals surface area contributed by atoms with Crippen molar-refractivity contribution < 1.29 is 24.3 Å². The molecule has 0 aliphatic carbocycles. The number of carbonyl (C=O) groups is 1. The lowest BCUT2D eigenvalue weighted by Crippen LogP contribution is -2.31. The number of amides is 1. The van der Waals surface area contributed by atoms with Crippen LogP contribution < -0.4 is 9.47 Å². The topological polar surface area (TPSA) is 126 Å². The molecule has 0 atom stereocenters. The maximum Gasteiger partial charge on any atom is 0.315 e. The number of methoxy groups -OCH3 is 2. The van der Waals surface area contributed by atoms with Crippen LogP contribution in [0.5, 0.6) is 11.5 Å². The first kappa shape index (κ1) is 19.8. The summed E-state index contributed by atoms with van der Waals surface area (Å²) in [6.07, 6.45) is 0. The highest BCUT2D eigenvalue weighted by Gasteiger charge is 2.26. The van der Waals surface area contributed by atoms with Crippen molar-refractivity contribution in [2.45, 2.75) is 13.8 Å². The van der Waals surface area contributed by atoms with Gasteiger partial charge in [0.2, 0.25) is 5.75 Å². The quantitative estimate of drug-likeness (QED) is 0.263. The van der Waals surface area contributed by atoms with Gasteiger partial charge < -0.3 is 19.5 Å². The highest BCUT2D eigenvalue weighted by molar-refractivity contribution is 6.03. The summed E-state index contributed by atoms with van der Waals surface area (Å²) in [5, 5.41) is 30.9. The van der Waals surface area contributed by atoms with Crippen LogP contribution in [0.4, 0.5) is 5.69 Å². The van der Waals surface area contributed by atoms with E-state index in [9.17, 15) is 25.3 Å². The number of carbonyl (C=O) groups excluding carboxylic acids is 1. The zero-order valence-electron chi connectivity index (χ0n) is 14.4. The molecule has 9 heteroatoms. The maximum atomic E-state index is 12.3. The van der Waals surface area contributed by atoms with Crippen molar-refractivity contribution in [1.82, 2.24) is 4.90 Å². The number of nitrogens with zero attached hydrogens (tertiary/aromatic N) is 3. The normalized spacial score (nSPS) is 11.2. The van der Waals surface area contributed by atoms with E-state index in [0.717, 1.165) is 6.07 Å². The van der Waals surface area contributed by atoms with E-state index >= 15 is 0 Å². The molecule has 1 N–H and O–H groups in total. The van der Waals surface area contributed by atoms with Gasteiger partial charge in [0.15, 0.2) is 11.3 Å². The number of aliphatic hydroxyl groups excluding tert-OH is 1. The molecular weight excluding hydrogens is 330 g/mol. The van der Waals surface area contributed by atoms with Crippen LogP contribution in [0.2, 0.25) is 0 Å². The molecule has 1 rings (SSSR count). The lowest BCUT2D eigenvalue weighted by molar-refractivity contribution is -0.385. The van der Waals surface area contributed by atoms with Crippen molar-refractivity contribution in [2.24, 2.45) is 0 Å². The van der Waals surface area contributed by atoms with E-state index in [1.807, 2.05) is 0 Å². The number of hydrogen-bond donors (Lipinski definition) is 1. The minimum Gasteiger partial charge on any atom is -0.506 e. The Labute approximate surface area is 144 Å². The van der Waals surface area contributed by atoms with Gasteiger partial charge in [0.1, 0.15) is 11.8 Å². The minimum atomic E-state index is -0.712. The van der Waals surface area contributed by atoms with E-state index < -0.39 is 27.9 Å². The predicted octanol–water partition coefficient (Wildman–Crippen LogP) is 2.27. The van der Waals surface area contributed by atoms with Crippen LogP contribution >= 0.6 is 0 Å². The zero-order valence-corrected chi connectivity index (χ0v) is 14.4. The Morgan fingerprint density at radius 1 is 1.32 bits per heavy atom. The monoisotopic (exact) mass is 349 g/mol. The van der Waals surface area contributed by atoms with Crippen LogP contribution in [0.1, 0.15) is 19.4 Å². The van der Waals surface area contributed by atoms with Gasteiger partial charge in [0.25, 0.3) is 5.91 Å². The maximum absolute atomic E-state index is 12.3. The molecule has 1 aromatic rings. The van der Waals surface area contributed by atoms with Crippen LogP contribution in [0.15, 0.2) is 17.7 Å². The fourth-order valence-corrected chi connectivity index (χ4v) is 2.23. The van der Waals surface area contributed by atoms with Crippen LogP contribution in [-0.4, -0.2) is 48.1 Å². The number of benzene rings is 1. The van der Waals surface area contributed by atoms with Crippen LogP contribution in [0.3, 0.4) is 0 Å². The molecule has 0 radical (unpaired) electrons. The fourth-order valence-electron chi connectivity index (χ4n) is 2.23. The molecule has 1 amide bonds. The molecule has 0 saturated heterocycles. The highest BCUT2D eigenvalue weighted by atomic mass is 16.6. The Morgan fingerprint density at radius 3 is 2.32 bits per heavy atom. The zero-order chi connectivity index (χ0) is 19.1. The Morgan fingerprint density at radius 2 is 1.92 bits per heavy atom. The standard InChI is InChI=1S/C16H19N3O6/c1-5-18(6-2)16(21)11(9-17)14(20)10-7-12(19(22)23)15(25-4)13(8-10)24-3/h7-8,20H,5-6H2,1-4H3/b14-11+. The SMILES string of the molecule is CCN(CC)C(=O)/C(C#N)=C(/O)c1cc(OC)c(OC)c([N+](=O)[O-])c1. The largest absolute Gasteiger partial charge is 0.506 e. The van der Waals surface area contributed by atoms with E-state index in [1.165, 1.54) is 25.2 Å². The molecule has 0 fully saturated rings. The Balaban J connectivity index is 3.62. The van der Waals surface area contributed by atoms with Crippen molar-refractivity contribution in [3.8, 4) is 17.6 Å². The molecule has 0 spiro atoms. The van der Waals surface area contributed by atoms with Gasteiger partial charge in [-0.1, -0.05) is 0 Å². The van der Waals surface area contributed by atoms with Gasteiger partial charge in [-0.15, -0.1) is 0 Å². The molecular formula is C16H19N3O6. The third-order valence-corrected chi connectivity index (χ3v) is 3.54. The first-order valence-corrected chi connectivity index (χ1v) is 7.39. The molecule has 0 unspecified atom stereocenters. The van der Waals surface area contributed by atoms with Crippen LogP contribution in [0.25, 0.3) is 5.76 Å². The van der Waals surface area contributed by atoms with Gasteiger partial charge >= 0.3 is 5.69 Å². The number of nitriles is 1. The average Bonchev–Trinajstić information content (AvgIpc) is 2.61. The number of aliphatic hydroxyl groups is 1. The number of ether oxygens (including phenoxy) is 2. The summed E-state index contributed by atoms with van der Waals surface area (Å²) in [6, 6.07) is 3.94. The summed E-state index contributed by atoms with van der Waals surface area (Å²) in [7, 11) is 2.52. The molecule has 9 nitrogen and oxygen atoms in total. The molecule has 0 bridgehead atoms. The van der Waals surface area contributed by atoms with Gasteiger partial charge in [0, 0.05) is 24.7 Å². The Bertz CT molecular complexity index is 747. The molecule has 1 aromatic carbocycles. The smallest absolute Gasteiger partial charge is 0.315 e. The summed E-state index contributed by atoms with van der Waals surface area (Å²) in [5.74, 6) is -1.46. The number of hydrogen-bond acceptors (Lipinski definition) is 7. The Kier molecular flexibility index (Phi) is 6.75. The minimum absolute atomic E-state index is 0.00849. The summed E-state index contributed by atoms with van der Waals surface area (Å²) in [5.41, 5.74) is -1.07. The Hall–Kier alpha value is -3.28. The summed E-state index contributed by atoms with van der Waals surface area (Å²) < 4.78 is 10.0. The molecule has 0 saturated carbocycles. The number of rotatable bonds is 7. The van der Waals surface area contributed by atoms with E-state index in [-0.39, 0.29) is 17.1 Å². The van der Waals surface area contributed by atoms with Crippen molar-refractivity contribution >= 4 is 17.4 Å². The second kappa shape index (κ2) is 8.54. The predicted molar refractivity (Wildman–Crippen MR) is 89.3 cm³/mol. The fraction of sp³-hybridized carbons (Fsp3) is 0.375. The highest BCUT2D eigenvalue weighted by Crippen LogP contribution is 2.39. The first-order chi connectivity index (χ1) is 11.9. The summed E-state index contributed by atoms with van der Waals surface area (Å²) in [4.78, 5) is 24.2. The van der Waals surface area contributed by atoms with Crippen LogP contribution in [-0.2, 0) is 4.79 Å². The second-order valence-electron chi connectivity index (χ2n) is 4.80. The van der Waals surface area contributed by atoms with Gasteiger partial charge in [-0.05, 0) is 19.9 Å². The molecule has 0 aliphatic rings. The molecule has 0 aliphatic heterocycles. The number of likely N-dealkylation sites (N-methyl/N-ethyl adjacent to an activating group) is 1. The van der Waals surface area contributed by atoms with E-state index in [1.54, 1.807) is 19.9 Å². The van der Waals surface area contributed by atoms with Crippen LogP contribution in [0, 0.1) is 21.4 Å². The number of nitro benzene ring substituents is 1. The second-order valence-corrected chi connectivity index (χ2v) is 4.80. The van der Waals surface area contributed by atoms with Crippen molar-refractivity contribution in [3.63, 3.8) is 0 Å². The molecule has 25 heavy (non-hydrogen) atoms. The van der Waals surface area contributed by atoms with Gasteiger partial charge in [-0.25, -0.2) is 0 Å². The lowest BCUT2D eigenvalue weighted by atomic mass is 10.1. The molecule has 0 aromatic heterocycles. The summed E-state index contributed by atoms with van der Waals surface area (Å²) in [6.45, 7) is 4.16. The first-order valence-electron chi connectivity index (χ1n) is 7.39. The molecule has 134 valence electrons. The average molecular weight is 349 g/mol. The number of nitro groups is 1. The third-order valence-electron chi connectivity index (χ3n) is 3.54. The van der Waals surface area contributed by atoms with E-state index in [4.69, 9.17) is 9.47 Å². The van der Waals surface area contributed by atoms with E-state index in [0.29, 0.717) is 13.1 Å². The van der Waals surface area contributed by atoms with Gasteiger partial charge in [-0.3, -0.25) is 14.9 Å². The van der Waals surface area contributed by atoms with Crippen molar-refractivity contribution in [3.05, 3.63) is 33.4 Å². The summed E-state index contributed by atoms with van der Waals surface area (Å²) >= 11 is 0. The van der Waals surface area contributed by atoms with E-state index in [2.05, 4.69) is 0 Å². The van der Waals surface area contributed by atoms with Gasteiger partial charge in [0.05, 0.1) is 19.1 Å². The van der Waals surface area contributed by atoms with Crippen molar-refractivity contribution in [1.29, 1.82) is 5.26 Å². The third kappa shape index (κ3) is 3.98. The lowest BCUT2D eigenvalue weighted by Gasteiger charge is -2.18.